The fraction of sp³-hybridized carbons (Fsp3) is 0.588. The molecule has 1 N–H and O–H groups in total. The molecule has 1 fully saturated rings. The van der Waals surface area contributed by atoms with Crippen molar-refractivity contribution in [3.63, 3.8) is 0 Å². The third-order valence-corrected chi connectivity index (χ3v) is 5.23. The van der Waals surface area contributed by atoms with E-state index in [0.29, 0.717) is 6.61 Å². The lowest BCUT2D eigenvalue weighted by Gasteiger charge is -2.20. The maximum absolute atomic E-state index is 12.1. The molecule has 2 atom stereocenters. The molecule has 1 aromatic carbocycles. The molecule has 0 bridgehead atoms. The molecule has 0 aromatic heterocycles. The second kappa shape index (κ2) is 8.60. The third-order valence-electron chi connectivity index (χ3n) is 4.28. The van der Waals surface area contributed by atoms with E-state index in [1.54, 1.807) is 7.11 Å². The van der Waals surface area contributed by atoms with Gasteiger partial charge in [-0.05, 0) is 5.56 Å². The first-order valence-corrected chi connectivity index (χ1v) is 10.2. The number of hydrogen-bond donors (Lipinski definition) is 1. The maximum Gasteiger partial charge on any atom is 0.221 e. The minimum Gasteiger partial charge on any atom is -0.383 e. The van der Waals surface area contributed by atoms with Crippen LogP contribution >= 0.6 is 0 Å². The monoisotopic (exact) mass is 354 g/mol. The molecule has 1 saturated heterocycles. The molecular weight excluding hydrogens is 328 g/mol. The second-order valence-electron chi connectivity index (χ2n) is 6.32. The predicted molar refractivity (Wildman–Crippen MR) is 93.8 cm³/mol. The first-order valence-electron chi connectivity index (χ1n) is 8.12. The molecule has 0 aliphatic carbocycles. The van der Waals surface area contributed by atoms with Crippen molar-refractivity contribution in [3.8, 4) is 0 Å². The van der Waals surface area contributed by atoms with Crippen molar-refractivity contribution in [2.75, 3.05) is 45.4 Å². The van der Waals surface area contributed by atoms with E-state index in [1.165, 1.54) is 5.56 Å². The van der Waals surface area contributed by atoms with Gasteiger partial charge in [0, 0.05) is 51.4 Å². The zero-order chi connectivity index (χ0) is 17.6. The molecule has 0 unspecified atom stereocenters. The van der Waals surface area contributed by atoms with E-state index in [-0.39, 0.29) is 30.0 Å². The number of rotatable bonds is 8. The van der Waals surface area contributed by atoms with E-state index in [9.17, 15) is 13.2 Å². The van der Waals surface area contributed by atoms with Gasteiger partial charge in [-0.2, -0.15) is 0 Å². The minimum atomic E-state index is -3.13. The number of amides is 1. The molecule has 7 heteroatoms. The molecular formula is C17H26N2O4S. The van der Waals surface area contributed by atoms with Gasteiger partial charge in [-0.1, -0.05) is 30.3 Å². The predicted octanol–water partition coefficient (Wildman–Crippen LogP) is 0.652. The average molecular weight is 354 g/mol. The molecule has 2 rings (SSSR count). The van der Waals surface area contributed by atoms with E-state index in [1.807, 2.05) is 18.2 Å². The molecule has 24 heavy (non-hydrogen) atoms. The van der Waals surface area contributed by atoms with E-state index in [0.717, 1.165) is 25.9 Å². The Labute approximate surface area is 144 Å². The van der Waals surface area contributed by atoms with Crippen molar-refractivity contribution in [1.82, 2.24) is 10.2 Å². The number of nitrogens with one attached hydrogen (secondary N) is 1. The molecule has 1 aliphatic rings. The number of benzene rings is 1. The lowest BCUT2D eigenvalue weighted by atomic mass is 9.94. The molecule has 134 valence electrons. The minimum absolute atomic E-state index is 0.00884. The molecule has 1 aromatic rings. The number of hydrogen-bond acceptors (Lipinski definition) is 5. The lowest BCUT2D eigenvalue weighted by molar-refractivity contribution is -0.121. The maximum atomic E-state index is 12.1. The van der Waals surface area contributed by atoms with Crippen LogP contribution < -0.4 is 5.32 Å². The largest absolute Gasteiger partial charge is 0.383 e. The molecule has 0 saturated carbocycles. The highest BCUT2D eigenvalue weighted by Crippen LogP contribution is 2.27. The molecule has 6 nitrogen and oxygen atoms in total. The number of carbonyl (C=O) groups is 1. The first-order chi connectivity index (χ1) is 11.4. The van der Waals surface area contributed by atoms with Crippen LogP contribution in [0.3, 0.4) is 0 Å². The summed E-state index contributed by atoms with van der Waals surface area (Å²) < 4.78 is 27.6. The van der Waals surface area contributed by atoms with E-state index in [2.05, 4.69) is 22.3 Å². The Morgan fingerprint density at radius 3 is 2.62 bits per heavy atom. The summed E-state index contributed by atoms with van der Waals surface area (Å²) in [6.07, 6.45) is 1.16. The second-order valence-corrected chi connectivity index (χ2v) is 8.58. The summed E-state index contributed by atoms with van der Waals surface area (Å²) in [4.78, 5) is 14.4. The molecule has 0 radical (unpaired) electrons. The summed E-state index contributed by atoms with van der Waals surface area (Å²) in [7, 11) is -1.45. The van der Waals surface area contributed by atoms with Crippen LogP contribution in [0.25, 0.3) is 0 Å². The lowest BCUT2D eigenvalue weighted by Crippen LogP contribution is -2.40. The number of nitrogens with zero attached hydrogens (tertiary/aromatic N) is 1. The topological polar surface area (TPSA) is 75.7 Å². The van der Waals surface area contributed by atoms with Crippen LogP contribution in [0.1, 0.15) is 17.9 Å². The van der Waals surface area contributed by atoms with Crippen molar-refractivity contribution in [3.05, 3.63) is 35.9 Å². The fourth-order valence-electron chi connectivity index (χ4n) is 3.03. The Bertz CT molecular complexity index is 633. The first kappa shape index (κ1) is 18.9. The fourth-order valence-corrected chi connectivity index (χ4v) is 3.59. The van der Waals surface area contributed by atoms with Gasteiger partial charge in [0.15, 0.2) is 0 Å². The van der Waals surface area contributed by atoms with Gasteiger partial charge in [-0.15, -0.1) is 0 Å². The van der Waals surface area contributed by atoms with Gasteiger partial charge < -0.3 is 10.1 Å². The molecule has 1 heterocycles. The normalized spacial score (nSPS) is 21.8. The Kier molecular flexibility index (Phi) is 6.77. The average Bonchev–Trinajstić information content (AvgIpc) is 2.94. The van der Waals surface area contributed by atoms with E-state index < -0.39 is 9.84 Å². The van der Waals surface area contributed by atoms with Crippen molar-refractivity contribution < 1.29 is 17.9 Å². The number of ether oxygens (including phenoxy) is 1. The standard InChI is InChI=1S/C17H26N2O4S/c1-23-10-9-19-12-15(14-6-4-3-5-7-14)16(13-19)18-17(20)8-11-24(2,21)22/h3-7,15-16H,8-13H2,1-2H3,(H,18,20)/t15-,16+/m1/s1. The molecule has 0 spiro atoms. The SMILES string of the molecule is COCCN1C[C@H](NC(=O)CCS(C)(=O)=O)[C@@H](c2ccccc2)C1. The van der Waals surface area contributed by atoms with Crippen molar-refractivity contribution in [2.24, 2.45) is 0 Å². The van der Waals surface area contributed by atoms with Crippen LogP contribution in [0.15, 0.2) is 30.3 Å². The number of sulfone groups is 1. The highest BCUT2D eigenvalue weighted by Gasteiger charge is 2.34. The summed E-state index contributed by atoms with van der Waals surface area (Å²) in [6.45, 7) is 3.06. The van der Waals surface area contributed by atoms with Crippen LogP contribution in [-0.4, -0.2) is 70.6 Å². The molecule has 1 aliphatic heterocycles. The Hall–Kier alpha value is -1.44. The molecule has 1 amide bonds. The van der Waals surface area contributed by atoms with Gasteiger partial charge >= 0.3 is 0 Å². The number of likely N-dealkylation sites (tertiary alicyclic amines) is 1. The zero-order valence-corrected chi connectivity index (χ0v) is 15.1. The van der Waals surface area contributed by atoms with E-state index in [4.69, 9.17) is 4.74 Å². The van der Waals surface area contributed by atoms with Gasteiger partial charge in [0.25, 0.3) is 0 Å². The smallest absolute Gasteiger partial charge is 0.221 e. The Morgan fingerprint density at radius 2 is 2.00 bits per heavy atom. The van der Waals surface area contributed by atoms with E-state index >= 15 is 0 Å². The van der Waals surface area contributed by atoms with Crippen LogP contribution in [0.4, 0.5) is 0 Å². The summed E-state index contributed by atoms with van der Waals surface area (Å²) in [5, 5.41) is 3.02. The third kappa shape index (κ3) is 5.89. The van der Waals surface area contributed by atoms with Gasteiger partial charge in [-0.3, -0.25) is 9.69 Å². The number of methoxy groups -OCH3 is 1. The highest BCUT2D eigenvalue weighted by molar-refractivity contribution is 7.90. The summed E-state index contributed by atoms with van der Waals surface area (Å²) >= 11 is 0. The van der Waals surface area contributed by atoms with Crippen molar-refractivity contribution >= 4 is 15.7 Å². The zero-order valence-electron chi connectivity index (χ0n) is 14.3. The van der Waals surface area contributed by atoms with Crippen LogP contribution in [0.2, 0.25) is 0 Å². The summed E-state index contributed by atoms with van der Waals surface area (Å²) in [5.41, 5.74) is 1.19. The van der Waals surface area contributed by atoms with Gasteiger partial charge in [0.2, 0.25) is 5.91 Å². The summed E-state index contributed by atoms with van der Waals surface area (Å²) in [5.74, 6) is -0.125. The summed E-state index contributed by atoms with van der Waals surface area (Å²) in [6, 6.07) is 10.1. The van der Waals surface area contributed by atoms with Crippen molar-refractivity contribution in [2.45, 2.75) is 18.4 Å². The van der Waals surface area contributed by atoms with Crippen LogP contribution in [0, 0.1) is 0 Å². The van der Waals surface area contributed by atoms with Crippen LogP contribution in [0.5, 0.6) is 0 Å². The Balaban J connectivity index is 2.02. The Morgan fingerprint density at radius 1 is 1.29 bits per heavy atom. The number of carbonyl (C=O) groups excluding carboxylic acids is 1. The van der Waals surface area contributed by atoms with Gasteiger partial charge in [-0.25, -0.2) is 8.42 Å². The van der Waals surface area contributed by atoms with Gasteiger partial charge in [0.05, 0.1) is 12.4 Å². The highest BCUT2D eigenvalue weighted by atomic mass is 32.2. The van der Waals surface area contributed by atoms with Crippen LogP contribution in [-0.2, 0) is 19.4 Å². The van der Waals surface area contributed by atoms with Gasteiger partial charge in [0.1, 0.15) is 9.84 Å². The van der Waals surface area contributed by atoms with Crippen molar-refractivity contribution in [1.29, 1.82) is 0 Å². The quantitative estimate of drug-likeness (QED) is 0.742.